The Bertz CT molecular complexity index is 1130. The van der Waals surface area contributed by atoms with Gasteiger partial charge in [-0.15, -0.1) is 0 Å². The molecule has 0 radical (unpaired) electrons. The van der Waals surface area contributed by atoms with Gasteiger partial charge in [-0.3, -0.25) is 0 Å². The molecule has 0 spiro atoms. The van der Waals surface area contributed by atoms with Gasteiger partial charge in [-0.1, -0.05) is 60.7 Å². The fraction of sp³-hybridized carbons (Fsp3) is 0. The first-order valence-electron chi connectivity index (χ1n) is 8.09. The second kappa shape index (κ2) is 4.87. The zero-order valence-electron chi connectivity index (χ0n) is 13.1. The van der Waals surface area contributed by atoms with E-state index in [1.54, 1.807) is 0 Å². The quantitative estimate of drug-likeness (QED) is 0.456. The summed E-state index contributed by atoms with van der Waals surface area (Å²) in [6.07, 6.45) is 2.22. The summed E-state index contributed by atoms with van der Waals surface area (Å²) in [6, 6.07) is 25.2. The van der Waals surface area contributed by atoms with Gasteiger partial charge in [0.2, 0.25) is 0 Å². The zero-order valence-corrected chi connectivity index (χ0v) is 13.1. The van der Waals surface area contributed by atoms with Crippen molar-refractivity contribution in [1.82, 2.24) is 0 Å². The molecule has 1 heterocycles. The van der Waals surface area contributed by atoms with Crippen molar-refractivity contribution in [2.24, 2.45) is 0 Å². The van der Waals surface area contributed by atoms with E-state index in [-0.39, 0.29) is 0 Å². The molecule has 2 nitrogen and oxygen atoms in total. The number of fused-ring (bicyclic) bond motifs is 1. The van der Waals surface area contributed by atoms with Crippen molar-refractivity contribution in [3.8, 4) is 0 Å². The molecular formula is C22H16N2. The predicted octanol–water partition coefficient (Wildman–Crippen LogP) is 5.50. The van der Waals surface area contributed by atoms with E-state index in [0.717, 1.165) is 33.4 Å². The fourth-order valence-electron chi connectivity index (χ4n) is 3.67. The van der Waals surface area contributed by atoms with E-state index in [9.17, 15) is 0 Å². The van der Waals surface area contributed by atoms with Crippen LogP contribution in [0.2, 0.25) is 0 Å². The highest BCUT2D eigenvalue weighted by Crippen LogP contribution is 2.38. The van der Waals surface area contributed by atoms with Crippen LogP contribution in [-0.4, -0.2) is 0 Å². The van der Waals surface area contributed by atoms with Crippen molar-refractivity contribution in [3.05, 3.63) is 83.9 Å². The minimum atomic E-state index is 0.808. The summed E-state index contributed by atoms with van der Waals surface area (Å²) in [4.78, 5) is 0. The standard InChI is InChI=1S/C22H16N2/c23-18-11-3-7-15-6-2-10-17(22(15)18)20-13-16-9-1-5-14-8-4-12-19(24-20)21(14)16/h1-13,24H,23H2. The van der Waals surface area contributed by atoms with Gasteiger partial charge in [0.25, 0.3) is 0 Å². The number of anilines is 2. The van der Waals surface area contributed by atoms with E-state index in [1.807, 2.05) is 12.1 Å². The molecule has 0 atom stereocenters. The number of benzene rings is 4. The molecule has 0 unspecified atom stereocenters. The molecule has 2 heteroatoms. The van der Waals surface area contributed by atoms with E-state index in [4.69, 9.17) is 5.73 Å². The number of nitrogen functional groups attached to an aromatic ring is 1. The highest BCUT2D eigenvalue weighted by molar-refractivity contribution is 6.13. The number of rotatable bonds is 1. The van der Waals surface area contributed by atoms with E-state index in [0.29, 0.717) is 0 Å². The molecule has 0 aromatic heterocycles. The Balaban J connectivity index is 1.81. The van der Waals surface area contributed by atoms with Crippen molar-refractivity contribution in [2.45, 2.75) is 0 Å². The molecule has 0 saturated heterocycles. The lowest BCUT2D eigenvalue weighted by atomic mass is 9.94. The minimum absolute atomic E-state index is 0.808. The summed E-state index contributed by atoms with van der Waals surface area (Å²) >= 11 is 0. The third kappa shape index (κ3) is 1.83. The van der Waals surface area contributed by atoms with Gasteiger partial charge < -0.3 is 11.1 Å². The lowest BCUT2D eigenvalue weighted by Crippen LogP contribution is -2.05. The molecule has 3 N–H and O–H groups in total. The van der Waals surface area contributed by atoms with Crippen molar-refractivity contribution in [3.63, 3.8) is 0 Å². The van der Waals surface area contributed by atoms with Crippen LogP contribution in [-0.2, 0) is 0 Å². The van der Waals surface area contributed by atoms with Crippen LogP contribution in [0.15, 0.2) is 72.8 Å². The minimum Gasteiger partial charge on any atom is -0.398 e. The molecule has 0 saturated carbocycles. The zero-order chi connectivity index (χ0) is 16.1. The van der Waals surface area contributed by atoms with Gasteiger partial charge in [0.05, 0.1) is 0 Å². The number of nitrogens with two attached hydrogens (primary N) is 1. The maximum atomic E-state index is 6.28. The van der Waals surface area contributed by atoms with E-state index >= 15 is 0 Å². The molecule has 0 amide bonds. The van der Waals surface area contributed by atoms with Gasteiger partial charge in [0.1, 0.15) is 0 Å². The maximum Gasteiger partial charge on any atom is 0.0471 e. The van der Waals surface area contributed by atoms with Crippen LogP contribution in [0.3, 0.4) is 0 Å². The van der Waals surface area contributed by atoms with Crippen LogP contribution < -0.4 is 11.1 Å². The van der Waals surface area contributed by atoms with Crippen molar-refractivity contribution >= 4 is 44.7 Å². The van der Waals surface area contributed by atoms with Gasteiger partial charge in [-0.25, -0.2) is 0 Å². The van der Waals surface area contributed by atoms with Crippen LogP contribution in [0, 0.1) is 0 Å². The summed E-state index contributed by atoms with van der Waals surface area (Å²) in [6.45, 7) is 0. The molecule has 1 aliphatic rings. The Labute approximate surface area is 140 Å². The molecule has 0 fully saturated rings. The largest absolute Gasteiger partial charge is 0.398 e. The molecular weight excluding hydrogens is 292 g/mol. The van der Waals surface area contributed by atoms with Crippen molar-refractivity contribution < 1.29 is 0 Å². The highest BCUT2D eigenvalue weighted by atomic mass is 14.9. The fourth-order valence-corrected chi connectivity index (χ4v) is 3.67. The van der Waals surface area contributed by atoms with Crippen LogP contribution in [0.4, 0.5) is 11.4 Å². The van der Waals surface area contributed by atoms with Crippen LogP contribution in [0.5, 0.6) is 0 Å². The predicted molar refractivity (Wildman–Crippen MR) is 104 cm³/mol. The van der Waals surface area contributed by atoms with Gasteiger partial charge >= 0.3 is 0 Å². The highest BCUT2D eigenvalue weighted by Gasteiger charge is 2.16. The number of nitrogens with one attached hydrogen (secondary N) is 1. The average Bonchev–Trinajstić information content (AvgIpc) is 2.62. The average molecular weight is 308 g/mol. The first kappa shape index (κ1) is 13.2. The molecule has 0 aliphatic carbocycles. The van der Waals surface area contributed by atoms with Crippen LogP contribution in [0.25, 0.3) is 33.3 Å². The van der Waals surface area contributed by atoms with Gasteiger partial charge in [0.15, 0.2) is 0 Å². The van der Waals surface area contributed by atoms with Gasteiger partial charge in [-0.05, 0) is 34.5 Å². The van der Waals surface area contributed by atoms with E-state index in [2.05, 4.69) is 72.1 Å². The third-order valence-corrected chi connectivity index (χ3v) is 4.73. The maximum absolute atomic E-state index is 6.28. The molecule has 4 aromatic rings. The number of hydrogen-bond donors (Lipinski definition) is 2. The number of hydrogen-bond acceptors (Lipinski definition) is 2. The first-order valence-corrected chi connectivity index (χ1v) is 8.09. The first-order chi connectivity index (χ1) is 11.8. The summed E-state index contributed by atoms with van der Waals surface area (Å²) in [5.41, 5.74) is 11.7. The Morgan fingerprint density at radius 1 is 0.667 bits per heavy atom. The Morgan fingerprint density at radius 2 is 1.33 bits per heavy atom. The normalized spacial score (nSPS) is 12.9. The lowest BCUT2D eigenvalue weighted by Gasteiger charge is -2.21. The molecule has 24 heavy (non-hydrogen) atoms. The van der Waals surface area contributed by atoms with Crippen LogP contribution >= 0.6 is 0 Å². The Morgan fingerprint density at radius 3 is 2.17 bits per heavy atom. The molecule has 4 aromatic carbocycles. The van der Waals surface area contributed by atoms with E-state index in [1.165, 1.54) is 16.3 Å². The summed E-state index contributed by atoms with van der Waals surface area (Å²) in [5.74, 6) is 0. The third-order valence-electron chi connectivity index (χ3n) is 4.73. The smallest absolute Gasteiger partial charge is 0.0471 e. The lowest BCUT2D eigenvalue weighted by molar-refractivity contribution is 1.56. The second-order valence-corrected chi connectivity index (χ2v) is 6.18. The molecule has 1 aliphatic heterocycles. The van der Waals surface area contributed by atoms with Crippen molar-refractivity contribution in [1.29, 1.82) is 0 Å². The second-order valence-electron chi connectivity index (χ2n) is 6.18. The Kier molecular flexibility index (Phi) is 2.68. The summed E-state index contributed by atoms with van der Waals surface area (Å²) in [5, 5.41) is 8.39. The Hall–Kier alpha value is -3.26. The van der Waals surface area contributed by atoms with Gasteiger partial charge in [0, 0.05) is 33.4 Å². The molecule has 5 rings (SSSR count). The molecule has 114 valence electrons. The van der Waals surface area contributed by atoms with Crippen molar-refractivity contribution in [2.75, 3.05) is 11.1 Å². The molecule has 0 bridgehead atoms. The van der Waals surface area contributed by atoms with E-state index < -0.39 is 0 Å². The van der Waals surface area contributed by atoms with Gasteiger partial charge in [-0.2, -0.15) is 0 Å². The summed E-state index contributed by atoms with van der Waals surface area (Å²) < 4.78 is 0. The summed E-state index contributed by atoms with van der Waals surface area (Å²) in [7, 11) is 0. The monoisotopic (exact) mass is 308 g/mol. The topological polar surface area (TPSA) is 38.0 Å². The van der Waals surface area contributed by atoms with Crippen LogP contribution in [0.1, 0.15) is 11.1 Å². The SMILES string of the molecule is Nc1cccc2cccc(C3=Cc4cccc5cccc(c45)N3)c12.